The molecule has 164 valence electrons. The van der Waals surface area contributed by atoms with Crippen molar-refractivity contribution in [1.82, 2.24) is 20.1 Å². The van der Waals surface area contributed by atoms with Gasteiger partial charge in [-0.25, -0.2) is 4.79 Å². The van der Waals surface area contributed by atoms with Gasteiger partial charge in [0.2, 0.25) is 0 Å². The summed E-state index contributed by atoms with van der Waals surface area (Å²) in [4.78, 5) is 35.0. The highest BCUT2D eigenvalue weighted by atomic mass is 16.2. The van der Waals surface area contributed by atoms with E-state index in [2.05, 4.69) is 10.3 Å². The van der Waals surface area contributed by atoms with Gasteiger partial charge in [0.05, 0.1) is 0 Å². The van der Waals surface area contributed by atoms with Gasteiger partial charge in [-0.15, -0.1) is 0 Å². The van der Waals surface area contributed by atoms with E-state index in [0.717, 1.165) is 16.9 Å². The SMILES string of the molecule is CN(c1ccncc1)c1ccc(C(=O)N2CCN(C(=O)NCc3ccccc3)CC2)cc1. The van der Waals surface area contributed by atoms with Crippen LogP contribution in [-0.2, 0) is 6.54 Å². The van der Waals surface area contributed by atoms with E-state index in [1.807, 2.05) is 83.6 Å². The lowest BCUT2D eigenvalue weighted by molar-refractivity contribution is 0.0665. The summed E-state index contributed by atoms with van der Waals surface area (Å²) in [6.07, 6.45) is 3.51. The first-order valence-electron chi connectivity index (χ1n) is 10.7. The number of aromatic nitrogens is 1. The van der Waals surface area contributed by atoms with Crippen molar-refractivity contribution in [3.05, 3.63) is 90.3 Å². The van der Waals surface area contributed by atoms with Crippen LogP contribution < -0.4 is 10.2 Å². The number of rotatable bonds is 5. The summed E-state index contributed by atoms with van der Waals surface area (Å²) in [5.74, 6) is -0.00698. The monoisotopic (exact) mass is 429 g/mol. The molecule has 1 aromatic heterocycles. The smallest absolute Gasteiger partial charge is 0.317 e. The van der Waals surface area contributed by atoms with Crippen molar-refractivity contribution in [2.75, 3.05) is 38.1 Å². The molecule has 0 radical (unpaired) electrons. The third-order valence-electron chi connectivity index (χ3n) is 5.69. The van der Waals surface area contributed by atoms with Gasteiger partial charge in [0, 0.05) is 69.1 Å². The van der Waals surface area contributed by atoms with Crippen LogP contribution in [-0.4, -0.2) is 59.9 Å². The van der Waals surface area contributed by atoms with E-state index in [-0.39, 0.29) is 11.9 Å². The number of hydrogen-bond donors (Lipinski definition) is 1. The van der Waals surface area contributed by atoms with Crippen LogP contribution in [0.15, 0.2) is 79.1 Å². The van der Waals surface area contributed by atoms with Crippen LogP contribution >= 0.6 is 0 Å². The minimum atomic E-state index is -0.0931. The Labute approximate surface area is 188 Å². The van der Waals surface area contributed by atoms with Crippen molar-refractivity contribution in [2.45, 2.75) is 6.54 Å². The molecular formula is C25H27N5O2. The van der Waals surface area contributed by atoms with Crippen molar-refractivity contribution in [1.29, 1.82) is 0 Å². The van der Waals surface area contributed by atoms with Gasteiger partial charge in [0.25, 0.3) is 5.91 Å². The van der Waals surface area contributed by atoms with Crippen LogP contribution in [0.2, 0.25) is 0 Å². The van der Waals surface area contributed by atoms with Gasteiger partial charge in [0.15, 0.2) is 0 Å². The van der Waals surface area contributed by atoms with Gasteiger partial charge in [-0.05, 0) is 42.0 Å². The molecule has 1 fully saturated rings. The number of nitrogens with zero attached hydrogens (tertiary/aromatic N) is 4. The maximum absolute atomic E-state index is 12.9. The van der Waals surface area contributed by atoms with Crippen molar-refractivity contribution in [2.24, 2.45) is 0 Å². The average Bonchev–Trinajstić information content (AvgIpc) is 2.88. The van der Waals surface area contributed by atoms with Crippen LogP contribution in [0.5, 0.6) is 0 Å². The summed E-state index contributed by atoms with van der Waals surface area (Å²) >= 11 is 0. The Balaban J connectivity index is 1.29. The van der Waals surface area contributed by atoms with Crippen LogP contribution in [0.4, 0.5) is 16.2 Å². The lowest BCUT2D eigenvalue weighted by Crippen LogP contribution is -2.53. The summed E-state index contributed by atoms with van der Waals surface area (Å²) in [5, 5.41) is 2.95. The molecule has 7 heteroatoms. The zero-order chi connectivity index (χ0) is 22.3. The Morgan fingerprint density at radius 2 is 1.44 bits per heavy atom. The van der Waals surface area contributed by atoms with Gasteiger partial charge < -0.3 is 20.0 Å². The Bertz CT molecular complexity index is 1030. The van der Waals surface area contributed by atoms with Crippen molar-refractivity contribution in [3.8, 4) is 0 Å². The number of carbonyl (C=O) groups excluding carboxylic acids is 2. The van der Waals surface area contributed by atoms with E-state index in [9.17, 15) is 9.59 Å². The molecule has 7 nitrogen and oxygen atoms in total. The molecule has 0 aliphatic carbocycles. The standard InChI is InChI=1S/C25H27N5O2/c1-28(23-11-13-26-14-12-23)22-9-7-21(8-10-22)24(31)29-15-17-30(18-16-29)25(32)27-19-20-5-3-2-4-6-20/h2-14H,15-19H2,1H3,(H,27,32). The van der Waals surface area contributed by atoms with E-state index in [1.165, 1.54) is 0 Å². The number of nitrogens with one attached hydrogen (secondary N) is 1. The maximum Gasteiger partial charge on any atom is 0.317 e. The van der Waals surface area contributed by atoms with E-state index >= 15 is 0 Å². The molecule has 1 aliphatic heterocycles. The van der Waals surface area contributed by atoms with Crippen LogP contribution in [0.25, 0.3) is 0 Å². The number of urea groups is 1. The van der Waals surface area contributed by atoms with Gasteiger partial charge in [0.1, 0.15) is 0 Å². The number of pyridine rings is 1. The summed E-state index contributed by atoms with van der Waals surface area (Å²) in [7, 11) is 1.98. The molecule has 0 atom stereocenters. The molecule has 2 aromatic carbocycles. The lowest BCUT2D eigenvalue weighted by atomic mass is 10.1. The molecule has 3 aromatic rings. The Morgan fingerprint density at radius 1 is 0.844 bits per heavy atom. The third kappa shape index (κ3) is 5.06. The summed E-state index contributed by atoms with van der Waals surface area (Å²) in [6, 6.07) is 21.2. The van der Waals surface area contributed by atoms with Crippen LogP contribution in [0.3, 0.4) is 0 Å². The highest BCUT2D eigenvalue weighted by Crippen LogP contribution is 2.23. The quantitative estimate of drug-likeness (QED) is 0.674. The highest BCUT2D eigenvalue weighted by Gasteiger charge is 2.24. The lowest BCUT2D eigenvalue weighted by Gasteiger charge is -2.34. The first-order valence-corrected chi connectivity index (χ1v) is 10.7. The average molecular weight is 430 g/mol. The predicted octanol–water partition coefficient (Wildman–Crippen LogP) is 3.52. The second-order valence-corrected chi connectivity index (χ2v) is 7.73. The van der Waals surface area contributed by atoms with Crippen LogP contribution in [0.1, 0.15) is 15.9 Å². The molecule has 0 saturated carbocycles. The summed E-state index contributed by atoms with van der Waals surface area (Å²) in [6.45, 7) is 2.59. The normalized spacial score (nSPS) is 13.5. The van der Waals surface area contributed by atoms with Crippen molar-refractivity contribution < 1.29 is 9.59 Å². The molecule has 0 spiro atoms. The van der Waals surface area contributed by atoms with E-state index in [4.69, 9.17) is 0 Å². The molecule has 1 N–H and O–H groups in total. The number of piperazine rings is 1. The second kappa shape index (κ2) is 9.96. The molecule has 0 unspecified atom stereocenters. The third-order valence-corrected chi connectivity index (χ3v) is 5.69. The fourth-order valence-electron chi connectivity index (χ4n) is 3.72. The van der Waals surface area contributed by atoms with Crippen LogP contribution in [0, 0.1) is 0 Å². The Morgan fingerprint density at radius 3 is 2.09 bits per heavy atom. The molecule has 0 bridgehead atoms. The van der Waals surface area contributed by atoms with E-state index in [0.29, 0.717) is 38.3 Å². The molecule has 32 heavy (non-hydrogen) atoms. The Hall–Kier alpha value is -3.87. The molecule has 1 saturated heterocycles. The van der Waals surface area contributed by atoms with Crippen molar-refractivity contribution >= 4 is 23.3 Å². The molecule has 2 heterocycles. The zero-order valence-corrected chi connectivity index (χ0v) is 18.1. The minimum Gasteiger partial charge on any atom is -0.345 e. The van der Waals surface area contributed by atoms with Gasteiger partial charge in [-0.1, -0.05) is 30.3 Å². The van der Waals surface area contributed by atoms with Crippen molar-refractivity contribution in [3.63, 3.8) is 0 Å². The number of hydrogen-bond acceptors (Lipinski definition) is 4. The maximum atomic E-state index is 12.9. The highest BCUT2D eigenvalue weighted by molar-refractivity contribution is 5.95. The number of benzene rings is 2. The fourth-order valence-corrected chi connectivity index (χ4v) is 3.72. The molecule has 4 rings (SSSR count). The van der Waals surface area contributed by atoms with Gasteiger partial charge in [-0.2, -0.15) is 0 Å². The number of carbonyl (C=O) groups is 2. The summed E-state index contributed by atoms with van der Waals surface area (Å²) in [5.41, 5.74) is 3.74. The molecule has 3 amide bonds. The fraction of sp³-hybridized carbons (Fsp3) is 0.240. The number of amides is 3. The minimum absolute atomic E-state index is 0.00698. The predicted molar refractivity (Wildman–Crippen MR) is 125 cm³/mol. The van der Waals surface area contributed by atoms with Gasteiger partial charge >= 0.3 is 6.03 Å². The van der Waals surface area contributed by atoms with E-state index in [1.54, 1.807) is 17.3 Å². The topological polar surface area (TPSA) is 68.8 Å². The largest absolute Gasteiger partial charge is 0.345 e. The first-order chi connectivity index (χ1) is 15.6. The molecular weight excluding hydrogens is 402 g/mol. The first kappa shape index (κ1) is 21.4. The molecule has 1 aliphatic rings. The zero-order valence-electron chi connectivity index (χ0n) is 18.1. The van der Waals surface area contributed by atoms with E-state index < -0.39 is 0 Å². The van der Waals surface area contributed by atoms with Gasteiger partial charge in [-0.3, -0.25) is 9.78 Å². The summed E-state index contributed by atoms with van der Waals surface area (Å²) < 4.78 is 0. The Kier molecular flexibility index (Phi) is 6.65. The number of anilines is 2. The second-order valence-electron chi connectivity index (χ2n) is 7.73.